The molecule has 1 aromatic carbocycles. The van der Waals surface area contributed by atoms with Crippen molar-refractivity contribution in [2.45, 2.75) is 32.2 Å². The summed E-state index contributed by atoms with van der Waals surface area (Å²) in [5.41, 5.74) is 8.89. The number of aryl methyl sites for hydroxylation is 1. The molecule has 2 bridgehead atoms. The van der Waals surface area contributed by atoms with Crippen LogP contribution in [-0.2, 0) is 0 Å². The van der Waals surface area contributed by atoms with Crippen LogP contribution in [0.15, 0.2) is 18.2 Å². The summed E-state index contributed by atoms with van der Waals surface area (Å²) in [6.07, 6.45) is 4.42. The van der Waals surface area contributed by atoms with Crippen LogP contribution >= 0.6 is 11.6 Å². The van der Waals surface area contributed by atoms with E-state index in [0.29, 0.717) is 0 Å². The van der Waals surface area contributed by atoms with Gasteiger partial charge in [0.15, 0.2) is 0 Å². The Morgan fingerprint density at radius 3 is 2.50 bits per heavy atom. The number of rotatable bonds is 2. The van der Waals surface area contributed by atoms with E-state index < -0.39 is 0 Å². The molecule has 0 aliphatic heterocycles. The van der Waals surface area contributed by atoms with E-state index in [9.17, 15) is 0 Å². The molecule has 3 aliphatic rings. The molecule has 4 rings (SSSR count). The van der Waals surface area contributed by atoms with Gasteiger partial charge in [-0.2, -0.15) is 0 Å². The first-order valence-electron chi connectivity index (χ1n) is 7.18. The van der Waals surface area contributed by atoms with Crippen molar-refractivity contribution in [3.05, 3.63) is 34.3 Å². The van der Waals surface area contributed by atoms with Crippen LogP contribution in [0.3, 0.4) is 0 Å². The molecule has 1 aromatic rings. The molecule has 1 nitrogen and oxygen atoms in total. The van der Waals surface area contributed by atoms with Crippen molar-refractivity contribution in [3.63, 3.8) is 0 Å². The molecular weight excluding hydrogens is 242 g/mol. The van der Waals surface area contributed by atoms with Gasteiger partial charge in [-0.25, -0.2) is 0 Å². The fourth-order valence-electron chi connectivity index (χ4n) is 4.91. The third kappa shape index (κ3) is 1.44. The molecular formula is C16H20ClN. The average Bonchev–Trinajstić information content (AvgIpc) is 2.80. The van der Waals surface area contributed by atoms with E-state index in [1.165, 1.54) is 24.8 Å². The monoisotopic (exact) mass is 261 g/mol. The van der Waals surface area contributed by atoms with Gasteiger partial charge < -0.3 is 5.73 Å². The molecule has 0 radical (unpaired) electrons. The Morgan fingerprint density at radius 2 is 1.89 bits per heavy atom. The first-order chi connectivity index (χ1) is 8.66. The van der Waals surface area contributed by atoms with E-state index in [4.69, 9.17) is 17.3 Å². The zero-order valence-electron chi connectivity index (χ0n) is 10.8. The van der Waals surface area contributed by atoms with Crippen LogP contribution in [0, 0.1) is 36.5 Å². The van der Waals surface area contributed by atoms with Crippen LogP contribution in [0.2, 0.25) is 5.02 Å². The zero-order chi connectivity index (χ0) is 12.4. The van der Waals surface area contributed by atoms with Crippen LogP contribution in [0.1, 0.15) is 36.4 Å². The van der Waals surface area contributed by atoms with Crippen molar-refractivity contribution >= 4 is 11.6 Å². The van der Waals surface area contributed by atoms with Gasteiger partial charge in [-0.15, -0.1) is 0 Å². The van der Waals surface area contributed by atoms with Crippen molar-refractivity contribution in [1.82, 2.24) is 0 Å². The van der Waals surface area contributed by atoms with Crippen LogP contribution in [0.4, 0.5) is 0 Å². The average molecular weight is 262 g/mol. The molecule has 0 amide bonds. The van der Waals surface area contributed by atoms with Gasteiger partial charge in [0.05, 0.1) is 0 Å². The summed E-state index contributed by atoms with van der Waals surface area (Å²) < 4.78 is 0. The second-order valence-corrected chi connectivity index (χ2v) is 7.01. The number of nitrogens with two attached hydrogens (primary N) is 1. The second-order valence-electron chi connectivity index (χ2n) is 6.60. The van der Waals surface area contributed by atoms with Crippen molar-refractivity contribution < 1.29 is 0 Å². The molecule has 3 saturated carbocycles. The van der Waals surface area contributed by atoms with Crippen LogP contribution < -0.4 is 5.73 Å². The lowest BCUT2D eigenvalue weighted by atomic mass is 9.93. The van der Waals surface area contributed by atoms with Crippen LogP contribution in [-0.4, -0.2) is 0 Å². The minimum absolute atomic E-state index is 0.210. The lowest BCUT2D eigenvalue weighted by Gasteiger charge is -2.17. The molecule has 3 aliphatic carbocycles. The van der Waals surface area contributed by atoms with Crippen molar-refractivity contribution in [3.8, 4) is 0 Å². The molecule has 0 spiro atoms. The Morgan fingerprint density at radius 1 is 1.22 bits per heavy atom. The standard InChI is InChI=1S/C16H20ClN/c1-8-2-3-11(7-12(8)17)16(18)15-13-9-4-5-10(6-9)14(13)15/h2-3,7,9-10,13-16H,4-6,18H2,1H3. The fraction of sp³-hybridized carbons (Fsp3) is 0.625. The molecule has 18 heavy (non-hydrogen) atoms. The van der Waals surface area contributed by atoms with Gasteiger partial charge in [-0.3, -0.25) is 0 Å². The fourth-order valence-corrected chi connectivity index (χ4v) is 5.10. The maximum absolute atomic E-state index is 6.50. The van der Waals surface area contributed by atoms with E-state index in [1.54, 1.807) is 0 Å². The summed E-state index contributed by atoms with van der Waals surface area (Å²) in [6, 6.07) is 6.56. The summed E-state index contributed by atoms with van der Waals surface area (Å²) >= 11 is 6.22. The number of hydrogen-bond donors (Lipinski definition) is 1. The van der Waals surface area contributed by atoms with Gasteiger partial charge in [-0.05, 0) is 73.0 Å². The van der Waals surface area contributed by atoms with E-state index in [0.717, 1.165) is 40.2 Å². The smallest absolute Gasteiger partial charge is 0.0438 e. The Labute approximate surface area is 114 Å². The van der Waals surface area contributed by atoms with Gasteiger partial charge in [0.1, 0.15) is 0 Å². The number of hydrogen-bond acceptors (Lipinski definition) is 1. The van der Waals surface area contributed by atoms with Crippen LogP contribution in [0.5, 0.6) is 0 Å². The van der Waals surface area contributed by atoms with E-state index in [-0.39, 0.29) is 6.04 Å². The highest BCUT2D eigenvalue weighted by Gasteiger charge is 2.66. The molecule has 3 fully saturated rings. The van der Waals surface area contributed by atoms with Gasteiger partial charge >= 0.3 is 0 Å². The largest absolute Gasteiger partial charge is 0.324 e. The highest BCUT2D eigenvalue weighted by molar-refractivity contribution is 6.31. The highest BCUT2D eigenvalue weighted by Crippen LogP contribution is 2.71. The van der Waals surface area contributed by atoms with E-state index in [1.807, 2.05) is 6.92 Å². The predicted molar refractivity (Wildman–Crippen MR) is 74.4 cm³/mol. The summed E-state index contributed by atoms with van der Waals surface area (Å²) in [5.74, 6) is 4.63. The third-order valence-electron chi connectivity index (χ3n) is 5.79. The predicted octanol–water partition coefficient (Wildman–Crippen LogP) is 3.94. The molecule has 0 heterocycles. The number of benzene rings is 1. The van der Waals surface area contributed by atoms with E-state index >= 15 is 0 Å². The molecule has 2 N–H and O–H groups in total. The summed E-state index contributed by atoms with van der Waals surface area (Å²) in [5, 5.41) is 0.858. The highest BCUT2D eigenvalue weighted by atomic mass is 35.5. The first kappa shape index (κ1) is 11.3. The number of fused-ring (bicyclic) bond motifs is 5. The minimum Gasteiger partial charge on any atom is -0.324 e. The lowest BCUT2D eigenvalue weighted by molar-refractivity contribution is 0.417. The molecule has 5 unspecified atom stereocenters. The maximum Gasteiger partial charge on any atom is 0.0438 e. The molecule has 5 atom stereocenters. The Kier molecular flexibility index (Phi) is 2.35. The van der Waals surface area contributed by atoms with Gasteiger partial charge in [-0.1, -0.05) is 23.7 Å². The maximum atomic E-state index is 6.50. The Bertz CT molecular complexity index is 482. The second kappa shape index (κ2) is 3.74. The van der Waals surface area contributed by atoms with E-state index in [2.05, 4.69) is 18.2 Å². The Hall–Kier alpha value is -0.530. The molecule has 0 aromatic heterocycles. The summed E-state index contributed by atoms with van der Waals surface area (Å²) in [7, 11) is 0. The summed E-state index contributed by atoms with van der Waals surface area (Å²) in [4.78, 5) is 0. The van der Waals surface area contributed by atoms with Gasteiger partial charge in [0.2, 0.25) is 0 Å². The van der Waals surface area contributed by atoms with Crippen molar-refractivity contribution in [2.24, 2.45) is 35.3 Å². The Balaban J connectivity index is 1.58. The van der Waals surface area contributed by atoms with Crippen molar-refractivity contribution in [1.29, 1.82) is 0 Å². The minimum atomic E-state index is 0.210. The molecule has 0 saturated heterocycles. The molecule has 96 valence electrons. The SMILES string of the molecule is Cc1ccc(C(N)C2C3C4CCC(C4)C32)cc1Cl. The summed E-state index contributed by atoms with van der Waals surface area (Å²) in [6.45, 7) is 2.05. The quantitative estimate of drug-likeness (QED) is 0.857. The van der Waals surface area contributed by atoms with Crippen molar-refractivity contribution in [2.75, 3.05) is 0 Å². The first-order valence-corrected chi connectivity index (χ1v) is 7.56. The normalized spacial score (nSPS) is 41.8. The van der Waals surface area contributed by atoms with Gasteiger partial charge in [0.25, 0.3) is 0 Å². The lowest BCUT2D eigenvalue weighted by Crippen LogP contribution is -2.17. The van der Waals surface area contributed by atoms with Crippen LogP contribution in [0.25, 0.3) is 0 Å². The number of halogens is 1. The topological polar surface area (TPSA) is 26.0 Å². The zero-order valence-corrected chi connectivity index (χ0v) is 11.5. The van der Waals surface area contributed by atoms with Gasteiger partial charge in [0, 0.05) is 11.1 Å². The molecule has 2 heteroatoms. The third-order valence-corrected chi connectivity index (χ3v) is 6.20.